The van der Waals surface area contributed by atoms with Crippen molar-refractivity contribution in [3.63, 3.8) is 0 Å². The molecule has 1 aromatic heterocycles. The first kappa shape index (κ1) is 25.3. The SMILES string of the molecule is CCNC(=NCc1ccc(NC(=O)c2ccco2)cc1)N(C)CCOc1ccccc1.I. The third-order valence-corrected chi connectivity index (χ3v) is 4.50. The molecular weight excluding hydrogens is 519 g/mol. The molecule has 0 atom stereocenters. The molecule has 0 unspecified atom stereocenters. The smallest absolute Gasteiger partial charge is 0.291 e. The summed E-state index contributed by atoms with van der Waals surface area (Å²) >= 11 is 0. The summed E-state index contributed by atoms with van der Waals surface area (Å²) in [5.41, 5.74) is 1.75. The molecule has 3 aromatic rings. The van der Waals surface area contributed by atoms with Crippen molar-refractivity contribution in [3.05, 3.63) is 84.3 Å². The summed E-state index contributed by atoms with van der Waals surface area (Å²) in [5.74, 6) is 1.68. The normalized spacial score (nSPS) is 10.8. The van der Waals surface area contributed by atoms with Gasteiger partial charge in [-0.2, -0.15) is 0 Å². The van der Waals surface area contributed by atoms with Crippen LogP contribution < -0.4 is 15.4 Å². The number of ether oxygens (including phenoxy) is 1. The minimum atomic E-state index is -0.274. The number of likely N-dealkylation sites (N-methyl/N-ethyl adjacent to an activating group) is 1. The molecule has 0 saturated heterocycles. The molecule has 8 heteroatoms. The van der Waals surface area contributed by atoms with Crippen molar-refractivity contribution in [1.82, 2.24) is 10.2 Å². The van der Waals surface area contributed by atoms with Crippen LogP contribution in [0.2, 0.25) is 0 Å². The summed E-state index contributed by atoms with van der Waals surface area (Å²) in [5, 5.41) is 6.12. The van der Waals surface area contributed by atoms with Crippen LogP contribution in [0.25, 0.3) is 0 Å². The number of aliphatic imine (C=N–C) groups is 1. The number of para-hydroxylation sites is 1. The van der Waals surface area contributed by atoms with E-state index < -0.39 is 0 Å². The zero-order chi connectivity index (χ0) is 21.9. The Morgan fingerprint density at radius 3 is 2.47 bits per heavy atom. The van der Waals surface area contributed by atoms with Crippen LogP contribution in [0.15, 0.2) is 82.4 Å². The first-order valence-corrected chi connectivity index (χ1v) is 10.3. The van der Waals surface area contributed by atoms with Gasteiger partial charge in [0.15, 0.2) is 11.7 Å². The molecule has 0 saturated carbocycles. The van der Waals surface area contributed by atoms with Crippen molar-refractivity contribution >= 4 is 41.5 Å². The highest BCUT2D eigenvalue weighted by Crippen LogP contribution is 2.13. The average molecular weight is 548 g/mol. The largest absolute Gasteiger partial charge is 0.492 e. The fourth-order valence-corrected chi connectivity index (χ4v) is 2.85. The van der Waals surface area contributed by atoms with Gasteiger partial charge in [-0.25, -0.2) is 4.99 Å². The summed E-state index contributed by atoms with van der Waals surface area (Å²) in [6, 6.07) is 20.7. The number of hydrogen-bond acceptors (Lipinski definition) is 4. The summed E-state index contributed by atoms with van der Waals surface area (Å²) in [7, 11) is 1.99. The van der Waals surface area contributed by atoms with Crippen LogP contribution in [-0.4, -0.2) is 43.5 Å². The summed E-state index contributed by atoms with van der Waals surface area (Å²) in [6.45, 7) is 4.62. The molecule has 2 N–H and O–H groups in total. The van der Waals surface area contributed by atoms with Gasteiger partial charge >= 0.3 is 0 Å². The van der Waals surface area contributed by atoms with Gasteiger partial charge in [0, 0.05) is 19.3 Å². The summed E-state index contributed by atoms with van der Waals surface area (Å²) < 4.78 is 10.9. The van der Waals surface area contributed by atoms with Gasteiger partial charge in [0.2, 0.25) is 0 Å². The Morgan fingerprint density at radius 1 is 1.06 bits per heavy atom. The van der Waals surface area contributed by atoms with E-state index in [4.69, 9.17) is 14.1 Å². The van der Waals surface area contributed by atoms with Crippen LogP contribution in [0.5, 0.6) is 5.75 Å². The number of halogens is 1. The second-order valence-electron chi connectivity index (χ2n) is 6.88. The van der Waals surface area contributed by atoms with Crippen molar-refractivity contribution in [2.24, 2.45) is 4.99 Å². The fraction of sp³-hybridized carbons (Fsp3) is 0.250. The van der Waals surface area contributed by atoms with Gasteiger partial charge in [0.05, 0.1) is 19.4 Å². The highest BCUT2D eigenvalue weighted by atomic mass is 127. The van der Waals surface area contributed by atoms with Gasteiger partial charge in [-0.15, -0.1) is 24.0 Å². The number of furan rings is 1. The van der Waals surface area contributed by atoms with Gasteiger partial charge in [0.25, 0.3) is 5.91 Å². The maximum atomic E-state index is 12.0. The van der Waals surface area contributed by atoms with Gasteiger partial charge in [-0.3, -0.25) is 4.79 Å². The lowest BCUT2D eigenvalue weighted by Gasteiger charge is -2.22. The maximum Gasteiger partial charge on any atom is 0.291 e. The molecule has 3 rings (SSSR count). The van der Waals surface area contributed by atoms with E-state index in [1.165, 1.54) is 6.26 Å². The third kappa shape index (κ3) is 7.92. The number of carbonyl (C=O) groups excluding carboxylic acids is 1. The highest BCUT2D eigenvalue weighted by Gasteiger charge is 2.09. The number of nitrogens with one attached hydrogen (secondary N) is 2. The average Bonchev–Trinajstić information content (AvgIpc) is 3.33. The number of anilines is 1. The number of carbonyl (C=O) groups is 1. The van der Waals surface area contributed by atoms with E-state index in [0.717, 1.165) is 23.8 Å². The van der Waals surface area contributed by atoms with Crippen molar-refractivity contribution in [1.29, 1.82) is 0 Å². The summed E-state index contributed by atoms with van der Waals surface area (Å²) in [4.78, 5) is 18.8. The van der Waals surface area contributed by atoms with E-state index in [2.05, 4.69) is 10.6 Å². The quantitative estimate of drug-likeness (QED) is 0.232. The van der Waals surface area contributed by atoms with E-state index in [1.807, 2.05) is 73.5 Å². The maximum absolute atomic E-state index is 12.0. The minimum Gasteiger partial charge on any atom is -0.492 e. The Kier molecular flexibility index (Phi) is 10.6. The van der Waals surface area contributed by atoms with Crippen LogP contribution in [-0.2, 0) is 6.54 Å². The van der Waals surface area contributed by atoms with E-state index in [9.17, 15) is 4.79 Å². The Labute approximate surface area is 205 Å². The van der Waals surface area contributed by atoms with E-state index in [0.29, 0.717) is 25.4 Å². The number of nitrogens with zero attached hydrogens (tertiary/aromatic N) is 2. The molecule has 0 aliphatic heterocycles. The van der Waals surface area contributed by atoms with E-state index >= 15 is 0 Å². The van der Waals surface area contributed by atoms with Gasteiger partial charge in [0.1, 0.15) is 12.4 Å². The molecule has 0 bridgehead atoms. The molecule has 0 aliphatic rings. The number of rotatable bonds is 9. The molecule has 1 heterocycles. The molecule has 0 aliphatic carbocycles. The molecule has 0 spiro atoms. The molecule has 1 amide bonds. The Balaban J connectivity index is 0.00000363. The predicted molar refractivity (Wildman–Crippen MR) is 138 cm³/mol. The minimum absolute atomic E-state index is 0. The number of hydrogen-bond donors (Lipinski definition) is 2. The second kappa shape index (κ2) is 13.4. The van der Waals surface area contributed by atoms with Crippen LogP contribution in [0, 0.1) is 0 Å². The zero-order valence-electron chi connectivity index (χ0n) is 18.3. The van der Waals surface area contributed by atoms with Crippen molar-refractivity contribution < 1.29 is 13.9 Å². The number of amides is 1. The standard InChI is InChI=1S/C24H28N4O3.HI/c1-3-25-24(28(2)15-17-30-21-8-5-4-6-9-21)26-18-19-11-13-20(14-12-19)27-23(29)22-10-7-16-31-22;/h4-14,16H,3,15,17-18H2,1-2H3,(H,25,26)(H,27,29);1H. The van der Waals surface area contributed by atoms with E-state index in [1.54, 1.807) is 12.1 Å². The van der Waals surface area contributed by atoms with Crippen LogP contribution in [0.1, 0.15) is 23.0 Å². The van der Waals surface area contributed by atoms with Crippen molar-refractivity contribution in [2.75, 3.05) is 32.1 Å². The lowest BCUT2D eigenvalue weighted by atomic mass is 10.2. The van der Waals surface area contributed by atoms with Gasteiger partial charge < -0.3 is 24.7 Å². The molecular formula is C24H29IN4O3. The van der Waals surface area contributed by atoms with E-state index in [-0.39, 0.29) is 35.6 Å². The predicted octanol–water partition coefficient (Wildman–Crippen LogP) is 4.63. The van der Waals surface area contributed by atoms with Crippen LogP contribution >= 0.6 is 24.0 Å². The Hall–Kier alpha value is -3.01. The molecule has 32 heavy (non-hydrogen) atoms. The lowest BCUT2D eigenvalue weighted by Crippen LogP contribution is -2.40. The third-order valence-electron chi connectivity index (χ3n) is 4.50. The second-order valence-corrected chi connectivity index (χ2v) is 6.88. The fourth-order valence-electron chi connectivity index (χ4n) is 2.85. The number of guanidine groups is 1. The van der Waals surface area contributed by atoms with Gasteiger partial charge in [-0.1, -0.05) is 30.3 Å². The molecule has 2 aromatic carbocycles. The first-order chi connectivity index (χ1) is 15.2. The van der Waals surface area contributed by atoms with Crippen molar-refractivity contribution in [2.45, 2.75) is 13.5 Å². The Bertz CT molecular complexity index is 961. The summed E-state index contributed by atoms with van der Waals surface area (Å²) in [6.07, 6.45) is 1.47. The molecule has 170 valence electrons. The zero-order valence-corrected chi connectivity index (χ0v) is 20.6. The van der Waals surface area contributed by atoms with Crippen molar-refractivity contribution in [3.8, 4) is 5.75 Å². The molecule has 0 radical (unpaired) electrons. The first-order valence-electron chi connectivity index (χ1n) is 10.3. The van der Waals surface area contributed by atoms with Crippen LogP contribution in [0.3, 0.4) is 0 Å². The van der Waals surface area contributed by atoms with Gasteiger partial charge in [-0.05, 0) is 48.9 Å². The highest BCUT2D eigenvalue weighted by molar-refractivity contribution is 14.0. The molecule has 0 fully saturated rings. The monoisotopic (exact) mass is 548 g/mol. The molecule has 7 nitrogen and oxygen atoms in total. The number of benzene rings is 2. The topological polar surface area (TPSA) is 79.1 Å². The van der Waals surface area contributed by atoms with Crippen LogP contribution in [0.4, 0.5) is 5.69 Å². The lowest BCUT2D eigenvalue weighted by molar-refractivity contribution is 0.0996. The Morgan fingerprint density at radius 2 is 1.81 bits per heavy atom.